The molecule has 2 aromatic rings. The Bertz CT molecular complexity index is 657. The maximum atomic E-state index is 11.4. The summed E-state index contributed by atoms with van der Waals surface area (Å²) < 4.78 is 24.4. The van der Waals surface area contributed by atoms with Gasteiger partial charge in [-0.1, -0.05) is 6.92 Å². The highest BCUT2D eigenvalue weighted by atomic mass is 32.2. The third kappa shape index (κ3) is 2.45. The Hall–Kier alpha value is -1.25. The first-order chi connectivity index (χ1) is 8.43. The normalized spacial score (nSPS) is 11.9. The van der Waals surface area contributed by atoms with Gasteiger partial charge in [-0.15, -0.1) is 21.5 Å². The van der Waals surface area contributed by atoms with E-state index in [1.807, 2.05) is 26.0 Å². The molecule has 2 rings (SSSR count). The van der Waals surface area contributed by atoms with E-state index in [0.717, 1.165) is 16.2 Å². The lowest BCUT2D eigenvalue weighted by Crippen LogP contribution is -2.18. The summed E-state index contributed by atoms with van der Waals surface area (Å²) in [6.45, 7) is 4.46. The molecule has 98 valence electrons. The topological polar surface area (TPSA) is 90.9 Å². The van der Waals surface area contributed by atoms with Crippen molar-refractivity contribution in [1.82, 2.24) is 14.8 Å². The maximum absolute atomic E-state index is 11.4. The number of thiophene rings is 1. The fourth-order valence-corrected chi connectivity index (χ4v) is 3.16. The number of rotatable bonds is 4. The standard InChI is InChI=1S/C10H14N4O2S2/c1-3-6-14-9(8-5-4-7(2)17-8)12-13-10(14)18(11,15)16/h4-5H,3,6H2,1-2H3,(H2,11,15,16). The van der Waals surface area contributed by atoms with E-state index in [2.05, 4.69) is 10.2 Å². The van der Waals surface area contributed by atoms with Crippen molar-refractivity contribution in [2.45, 2.75) is 32.0 Å². The molecule has 2 heterocycles. The Balaban J connectivity index is 2.59. The van der Waals surface area contributed by atoms with Crippen LogP contribution in [0, 0.1) is 6.92 Å². The highest BCUT2D eigenvalue weighted by Crippen LogP contribution is 2.27. The van der Waals surface area contributed by atoms with Gasteiger partial charge in [-0.05, 0) is 25.5 Å². The average Bonchev–Trinajstić information content (AvgIpc) is 2.83. The van der Waals surface area contributed by atoms with Crippen molar-refractivity contribution in [1.29, 1.82) is 0 Å². The van der Waals surface area contributed by atoms with E-state index in [4.69, 9.17) is 5.14 Å². The zero-order valence-corrected chi connectivity index (χ0v) is 11.8. The summed E-state index contributed by atoms with van der Waals surface area (Å²) in [5.41, 5.74) is 0. The zero-order valence-electron chi connectivity index (χ0n) is 10.1. The zero-order chi connectivity index (χ0) is 13.3. The Labute approximate surface area is 110 Å². The summed E-state index contributed by atoms with van der Waals surface area (Å²) in [4.78, 5) is 2.02. The number of hydrogen-bond donors (Lipinski definition) is 1. The van der Waals surface area contributed by atoms with Gasteiger partial charge < -0.3 is 0 Å². The minimum Gasteiger partial charge on any atom is -0.296 e. The number of nitrogens with two attached hydrogens (primary N) is 1. The first-order valence-electron chi connectivity index (χ1n) is 5.46. The molecule has 0 saturated carbocycles. The lowest BCUT2D eigenvalue weighted by molar-refractivity contribution is 0.560. The van der Waals surface area contributed by atoms with Crippen LogP contribution < -0.4 is 5.14 Å². The van der Waals surface area contributed by atoms with E-state index in [-0.39, 0.29) is 5.16 Å². The second kappa shape index (κ2) is 4.79. The number of sulfonamides is 1. The number of primary sulfonamides is 1. The average molecular weight is 286 g/mol. The summed E-state index contributed by atoms with van der Waals surface area (Å²) >= 11 is 1.55. The third-order valence-electron chi connectivity index (χ3n) is 2.38. The molecule has 0 saturated heterocycles. The smallest absolute Gasteiger partial charge is 0.273 e. The lowest BCUT2D eigenvalue weighted by Gasteiger charge is -2.06. The first-order valence-corrected chi connectivity index (χ1v) is 7.82. The van der Waals surface area contributed by atoms with Crippen LogP contribution in [-0.4, -0.2) is 23.2 Å². The van der Waals surface area contributed by atoms with Crippen LogP contribution in [-0.2, 0) is 16.6 Å². The van der Waals surface area contributed by atoms with Gasteiger partial charge in [-0.25, -0.2) is 13.6 Å². The van der Waals surface area contributed by atoms with Gasteiger partial charge in [0, 0.05) is 11.4 Å². The second-order valence-corrected chi connectivity index (χ2v) is 6.66. The van der Waals surface area contributed by atoms with Gasteiger partial charge >= 0.3 is 0 Å². The lowest BCUT2D eigenvalue weighted by atomic mass is 10.4. The Morgan fingerprint density at radius 1 is 1.39 bits per heavy atom. The van der Waals surface area contributed by atoms with E-state index < -0.39 is 10.0 Å². The largest absolute Gasteiger partial charge is 0.296 e. The van der Waals surface area contributed by atoms with Crippen LogP contribution in [0.5, 0.6) is 0 Å². The van der Waals surface area contributed by atoms with Crippen LogP contribution >= 0.6 is 11.3 Å². The minimum atomic E-state index is -3.84. The molecule has 8 heteroatoms. The molecule has 18 heavy (non-hydrogen) atoms. The van der Waals surface area contributed by atoms with E-state index >= 15 is 0 Å². The molecule has 0 unspecified atom stereocenters. The first kappa shape index (κ1) is 13.2. The van der Waals surface area contributed by atoms with E-state index in [9.17, 15) is 8.42 Å². The van der Waals surface area contributed by atoms with Crippen LogP contribution in [0.4, 0.5) is 0 Å². The van der Waals surface area contributed by atoms with E-state index in [1.165, 1.54) is 0 Å². The Morgan fingerprint density at radius 3 is 2.61 bits per heavy atom. The highest BCUT2D eigenvalue weighted by Gasteiger charge is 2.22. The molecule has 0 atom stereocenters. The van der Waals surface area contributed by atoms with Crippen molar-refractivity contribution >= 4 is 21.4 Å². The van der Waals surface area contributed by atoms with Crippen LogP contribution in [0.1, 0.15) is 18.2 Å². The summed E-state index contributed by atoms with van der Waals surface area (Å²) in [6.07, 6.45) is 0.776. The molecular formula is C10H14N4O2S2. The molecule has 0 radical (unpaired) electrons. The van der Waals surface area contributed by atoms with Crippen LogP contribution in [0.15, 0.2) is 17.3 Å². The SMILES string of the molecule is CCCn1c(-c2ccc(C)s2)nnc1S(N)(=O)=O. The molecule has 6 nitrogen and oxygen atoms in total. The van der Waals surface area contributed by atoms with Gasteiger partial charge in [0.1, 0.15) is 0 Å². The van der Waals surface area contributed by atoms with Gasteiger partial charge in [0.15, 0.2) is 5.82 Å². The van der Waals surface area contributed by atoms with E-state index in [0.29, 0.717) is 12.4 Å². The van der Waals surface area contributed by atoms with Crippen LogP contribution in [0.3, 0.4) is 0 Å². The molecule has 0 fully saturated rings. The maximum Gasteiger partial charge on any atom is 0.273 e. The molecule has 0 spiro atoms. The molecule has 2 aromatic heterocycles. The molecule has 0 bridgehead atoms. The molecule has 0 amide bonds. The van der Waals surface area contributed by atoms with E-state index in [1.54, 1.807) is 15.9 Å². The van der Waals surface area contributed by atoms with Crippen molar-refractivity contribution in [3.05, 3.63) is 17.0 Å². The summed E-state index contributed by atoms with van der Waals surface area (Å²) in [5.74, 6) is 0.555. The predicted octanol–water partition coefficient (Wildman–Crippen LogP) is 1.37. The number of nitrogens with zero attached hydrogens (tertiary/aromatic N) is 3. The van der Waals surface area contributed by atoms with Crippen molar-refractivity contribution in [2.75, 3.05) is 0 Å². The van der Waals surface area contributed by atoms with Crippen LogP contribution in [0.25, 0.3) is 10.7 Å². The van der Waals surface area contributed by atoms with Crippen molar-refractivity contribution in [2.24, 2.45) is 5.14 Å². The molecule has 2 N–H and O–H groups in total. The molecule has 0 aliphatic carbocycles. The summed E-state index contributed by atoms with van der Waals surface area (Å²) in [7, 11) is -3.84. The number of hydrogen-bond acceptors (Lipinski definition) is 5. The Morgan fingerprint density at radius 2 is 2.11 bits per heavy atom. The van der Waals surface area contributed by atoms with Crippen molar-refractivity contribution < 1.29 is 8.42 Å². The fourth-order valence-electron chi connectivity index (χ4n) is 1.66. The predicted molar refractivity (Wildman–Crippen MR) is 69.7 cm³/mol. The molecule has 0 aromatic carbocycles. The fraction of sp³-hybridized carbons (Fsp3) is 0.400. The third-order valence-corrected chi connectivity index (χ3v) is 4.19. The van der Waals surface area contributed by atoms with Gasteiger partial charge in [0.05, 0.1) is 4.88 Å². The van der Waals surface area contributed by atoms with Gasteiger partial charge in [-0.3, -0.25) is 4.57 Å². The minimum absolute atomic E-state index is 0.176. The van der Waals surface area contributed by atoms with Gasteiger partial charge in [0.25, 0.3) is 15.2 Å². The monoisotopic (exact) mass is 286 g/mol. The number of aryl methyl sites for hydroxylation is 1. The van der Waals surface area contributed by atoms with Gasteiger partial charge in [-0.2, -0.15) is 0 Å². The summed E-state index contributed by atoms with van der Waals surface area (Å²) in [5, 5.41) is 12.6. The number of aromatic nitrogens is 3. The molecule has 0 aliphatic heterocycles. The van der Waals surface area contributed by atoms with Crippen molar-refractivity contribution in [3.8, 4) is 10.7 Å². The molecular weight excluding hydrogens is 272 g/mol. The second-order valence-electron chi connectivity index (χ2n) is 3.91. The summed E-state index contributed by atoms with van der Waals surface area (Å²) in [6, 6.07) is 3.87. The van der Waals surface area contributed by atoms with Gasteiger partial charge in [0.2, 0.25) is 0 Å². The molecule has 0 aliphatic rings. The quantitative estimate of drug-likeness (QED) is 0.919. The Kier molecular flexibility index (Phi) is 3.51. The van der Waals surface area contributed by atoms with Crippen LogP contribution in [0.2, 0.25) is 0 Å². The van der Waals surface area contributed by atoms with Crippen molar-refractivity contribution in [3.63, 3.8) is 0 Å². The highest BCUT2D eigenvalue weighted by molar-refractivity contribution is 7.89.